The number of pyridine rings is 1. The fourth-order valence-electron chi connectivity index (χ4n) is 1.38. The second-order valence-corrected chi connectivity index (χ2v) is 3.35. The lowest BCUT2D eigenvalue weighted by molar-refractivity contribution is 0.691. The molecule has 0 unspecified atom stereocenters. The van der Waals surface area contributed by atoms with Crippen LogP contribution in [0.4, 0.5) is 0 Å². The quantitative estimate of drug-likeness (QED) is 0.840. The summed E-state index contributed by atoms with van der Waals surface area (Å²) in [5, 5.41) is 3.20. The van der Waals surface area contributed by atoms with Crippen molar-refractivity contribution in [3.8, 4) is 11.4 Å². The van der Waals surface area contributed by atoms with Gasteiger partial charge in [0.25, 0.3) is 0 Å². The van der Waals surface area contributed by atoms with Crippen LogP contribution < -0.4 is 5.32 Å². The van der Waals surface area contributed by atoms with Gasteiger partial charge in [-0.25, -0.2) is 9.97 Å². The minimum absolute atomic E-state index is 0.692. The molecule has 2 aromatic heterocycles. The third-order valence-corrected chi connectivity index (χ3v) is 2.17. The zero-order valence-corrected chi connectivity index (χ0v) is 9.22. The Morgan fingerprint density at radius 1 is 1.06 bits per heavy atom. The van der Waals surface area contributed by atoms with Gasteiger partial charge in [-0.2, -0.15) is 0 Å². The van der Waals surface area contributed by atoms with Crippen LogP contribution in [0.15, 0.2) is 36.7 Å². The molecule has 0 fully saturated rings. The second kappa shape index (κ2) is 5.32. The van der Waals surface area contributed by atoms with E-state index in [0.717, 1.165) is 23.8 Å². The summed E-state index contributed by atoms with van der Waals surface area (Å²) in [4.78, 5) is 12.9. The monoisotopic (exact) mass is 214 g/mol. The SMILES string of the molecule is CCNCc1nccc(-c2ccccn2)n1. The highest BCUT2D eigenvalue weighted by Crippen LogP contribution is 2.12. The number of nitrogens with one attached hydrogen (secondary N) is 1. The normalized spacial score (nSPS) is 10.3. The van der Waals surface area contributed by atoms with Gasteiger partial charge in [0.1, 0.15) is 5.82 Å². The van der Waals surface area contributed by atoms with Crippen molar-refractivity contribution >= 4 is 0 Å². The van der Waals surface area contributed by atoms with Gasteiger partial charge < -0.3 is 5.32 Å². The topological polar surface area (TPSA) is 50.7 Å². The van der Waals surface area contributed by atoms with Crippen molar-refractivity contribution in [2.75, 3.05) is 6.54 Å². The van der Waals surface area contributed by atoms with Gasteiger partial charge in [-0.1, -0.05) is 13.0 Å². The van der Waals surface area contributed by atoms with Crippen molar-refractivity contribution in [1.82, 2.24) is 20.3 Å². The number of hydrogen-bond donors (Lipinski definition) is 1. The molecule has 4 nitrogen and oxygen atoms in total. The molecular formula is C12H14N4. The molecule has 0 bridgehead atoms. The first-order valence-electron chi connectivity index (χ1n) is 5.34. The molecule has 0 spiro atoms. The highest BCUT2D eigenvalue weighted by molar-refractivity contribution is 5.52. The van der Waals surface area contributed by atoms with E-state index in [4.69, 9.17) is 0 Å². The average Bonchev–Trinajstić information content (AvgIpc) is 2.38. The molecule has 0 aromatic carbocycles. The lowest BCUT2D eigenvalue weighted by atomic mass is 10.2. The van der Waals surface area contributed by atoms with Crippen LogP contribution in [0.25, 0.3) is 11.4 Å². The molecule has 0 aliphatic rings. The van der Waals surface area contributed by atoms with Crippen molar-refractivity contribution in [1.29, 1.82) is 0 Å². The summed E-state index contributed by atoms with van der Waals surface area (Å²) in [6, 6.07) is 7.66. The Morgan fingerprint density at radius 3 is 2.75 bits per heavy atom. The van der Waals surface area contributed by atoms with Gasteiger partial charge in [0, 0.05) is 12.4 Å². The first-order chi connectivity index (χ1) is 7.90. The molecule has 0 radical (unpaired) electrons. The Kier molecular flexibility index (Phi) is 3.56. The van der Waals surface area contributed by atoms with E-state index in [0.29, 0.717) is 6.54 Å². The van der Waals surface area contributed by atoms with Crippen LogP contribution in [-0.2, 0) is 6.54 Å². The molecule has 0 amide bonds. The number of aromatic nitrogens is 3. The Hall–Kier alpha value is -1.81. The van der Waals surface area contributed by atoms with Crippen LogP contribution in [0, 0.1) is 0 Å². The fourth-order valence-corrected chi connectivity index (χ4v) is 1.38. The molecule has 2 aromatic rings. The van der Waals surface area contributed by atoms with Crippen LogP contribution in [0.2, 0.25) is 0 Å². The van der Waals surface area contributed by atoms with Gasteiger partial charge in [0.2, 0.25) is 0 Å². The maximum atomic E-state index is 4.44. The first-order valence-corrected chi connectivity index (χ1v) is 5.34. The molecule has 2 rings (SSSR count). The third-order valence-electron chi connectivity index (χ3n) is 2.17. The summed E-state index contributed by atoms with van der Waals surface area (Å²) in [5.74, 6) is 0.796. The Bertz CT molecular complexity index is 442. The average molecular weight is 214 g/mol. The summed E-state index contributed by atoms with van der Waals surface area (Å²) < 4.78 is 0. The predicted molar refractivity (Wildman–Crippen MR) is 62.6 cm³/mol. The van der Waals surface area contributed by atoms with Gasteiger partial charge in [-0.3, -0.25) is 4.98 Å². The van der Waals surface area contributed by atoms with Gasteiger partial charge >= 0.3 is 0 Å². The zero-order valence-electron chi connectivity index (χ0n) is 9.22. The summed E-state index contributed by atoms with van der Waals surface area (Å²) in [6.45, 7) is 3.66. The molecule has 0 aliphatic carbocycles. The molecule has 2 heterocycles. The van der Waals surface area contributed by atoms with Crippen LogP contribution in [-0.4, -0.2) is 21.5 Å². The van der Waals surface area contributed by atoms with Crippen molar-refractivity contribution in [3.63, 3.8) is 0 Å². The largest absolute Gasteiger partial charge is 0.310 e. The summed E-state index contributed by atoms with van der Waals surface area (Å²) in [6.07, 6.45) is 3.53. The number of hydrogen-bond acceptors (Lipinski definition) is 4. The van der Waals surface area contributed by atoms with E-state index in [1.54, 1.807) is 12.4 Å². The number of nitrogens with zero attached hydrogens (tertiary/aromatic N) is 3. The molecule has 0 saturated carbocycles. The van der Waals surface area contributed by atoms with Crippen LogP contribution in [0.3, 0.4) is 0 Å². The van der Waals surface area contributed by atoms with Crippen molar-refractivity contribution < 1.29 is 0 Å². The molecule has 0 saturated heterocycles. The van der Waals surface area contributed by atoms with E-state index in [2.05, 4.69) is 27.2 Å². The second-order valence-electron chi connectivity index (χ2n) is 3.35. The van der Waals surface area contributed by atoms with Crippen molar-refractivity contribution in [3.05, 3.63) is 42.5 Å². The summed E-state index contributed by atoms with van der Waals surface area (Å²) >= 11 is 0. The molecule has 16 heavy (non-hydrogen) atoms. The third kappa shape index (κ3) is 2.61. The summed E-state index contributed by atoms with van der Waals surface area (Å²) in [7, 11) is 0. The maximum absolute atomic E-state index is 4.44. The maximum Gasteiger partial charge on any atom is 0.142 e. The van der Waals surface area contributed by atoms with Gasteiger partial charge in [-0.05, 0) is 24.7 Å². The van der Waals surface area contributed by atoms with Gasteiger partial charge in [0.05, 0.1) is 17.9 Å². The Labute approximate surface area is 94.8 Å². The number of rotatable bonds is 4. The van der Waals surface area contributed by atoms with Gasteiger partial charge in [0.15, 0.2) is 0 Å². The van der Waals surface area contributed by atoms with Crippen molar-refractivity contribution in [2.24, 2.45) is 0 Å². The van der Waals surface area contributed by atoms with E-state index < -0.39 is 0 Å². The van der Waals surface area contributed by atoms with E-state index in [1.165, 1.54) is 0 Å². The van der Waals surface area contributed by atoms with Crippen LogP contribution in [0.5, 0.6) is 0 Å². The predicted octanol–water partition coefficient (Wildman–Crippen LogP) is 1.65. The molecule has 0 aliphatic heterocycles. The van der Waals surface area contributed by atoms with Gasteiger partial charge in [-0.15, -0.1) is 0 Å². The lowest BCUT2D eigenvalue weighted by Crippen LogP contribution is -2.14. The van der Waals surface area contributed by atoms with E-state index >= 15 is 0 Å². The highest BCUT2D eigenvalue weighted by Gasteiger charge is 2.01. The standard InChI is InChI=1S/C12H14N4/c1-2-13-9-12-15-8-6-11(16-12)10-5-3-4-7-14-10/h3-8,13H,2,9H2,1H3. The Balaban J connectivity index is 2.22. The van der Waals surface area contributed by atoms with E-state index in [-0.39, 0.29) is 0 Å². The lowest BCUT2D eigenvalue weighted by Gasteiger charge is -2.03. The molecule has 4 heteroatoms. The van der Waals surface area contributed by atoms with Crippen LogP contribution >= 0.6 is 0 Å². The minimum Gasteiger partial charge on any atom is -0.310 e. The first kappa shape index (κ1) is 10.7. The van der Waals surface area contributed by atoms with Crippen LogP contribution in [0.1, 0.15) is 12.7 Å². The highest BCUT2D eigenvalue weighted by atomic mass is 15.0. The molecule has 0 atom stereocenters. The van der Waals surface area contributed by atoms with E-state index in [1.807, 2.05) is 24.3 Å². The summed E-state index contributed by atoms with van der Waals surface area (Å²) in [5.41, 5.74) is 1.74. The fraction of sp³-hybridized carbons (Fsp3) is 0.250. The molecule has 82 valence electrons. The molecular weight excluding hydrogens is 200 g/mol. The minimum atomic E-state index is 0.692. The van der Waals surface area contributed by atoms with E-state index in [9.17, 15) is 0 Å². The Morgan fingerprint density at radius 2 is 2.00 bits per heavy atom. The smallest absolute Gasteiger partial charge is 0.142 e. The van der Waals surface area contributed by atoms with Crippen molar-refractivity contribution in [2.45, 2.75) is 13.5 Å². The molecule has 1 N–H and O–H groups in total. The zero-order chi connectivity index (χ0) is 11.2.